The van der Waals surface area contributed by atoms with Crippen LogP contribution in [0.2, 0.25) is 0 Å². The highest BCUT2D eigenvalue weighted by atomic mass is 32.2. The first-order valence-electron chi connectivity index (χ1n) is 14.2. The number of benzene rings is 5. The molecule has 0 saturated heterocycles. The Labute approximate surface area is 232 Å². The lowest BCUT2D eigenvalue weighted by Gasteiger charge is -2.19. The van der Waals surface area contributed by atoms with Gasteiger partial charge in [0.05, 0.1) is 6.61 Å². The van der Waals surface area contributed by atoms with Crippen molar-refractivity contribution in [2.75, 3.05) is 39.3 Å². The van der Waals surface area contributed by atoms with Crippen molar-refractivity contribution in [3.63, 3.8) is 0 Å². The number of aryl methyl sites for hydroxylation is 1. The molecule has 0 bridgehead atoms. The van der Waals surface area contributed by atoms with Crippen LogP contribution in [0.5, 0.6) is 0 Å². The Morgan fingerprint density at radius 3 is 2.00 bits per heavy atom. The van der Waals surface area contributed by atoms with Gasteiger partial charge in [-0.2, -0.15) is 0 Å². The van der Waals surface area contributed by atoms with Crippen LogP contribution in [-0.4, -0.2) is 39.3 Å². The molecule has 4 nitrogen and oxygen atoms in total. The molecule has 5 heteroatoms. The molecule has 0 aliphatic rings. The maximum absolute atomic E-state index is 5.96. The summed E-state index contributed by atoms with van der Waals surface area (Å²) in [6, 6.07) is 20.5. The highest BCUT2D eigenvalue weighted by Gasteiger charge is 2.17. The molecule has 0 atom stereocenters. The molecule has 0 heterocycles. The van der Waals surface area contributed by atoms with Crippen molar-refractivity contribution in [2.45, 2.75) is 52.5 Å². The second kappa shape index (κ2) is 14.1. The van der Waals surface area contributed by atoms with Crippen molar-refractivity contribution >= 4 is 55.1 Å². The van der Waals surface area contributed by atoms with Gasteiger partial charge in [0, 0.05) is 48.5 Å². The predicted molar refractivity (Wildman–Crippen MR) is 169 cm³/mol. The van der Waals surface area contributed by atoms with Crippen LogP contribution < -0.4 is 16.0 Å². The standard InChI is InChI=1S/C30H35N3OS.C3H8/c1-4-31-15-16-33-19-21-10-12-24-25-11-9-20(3)28-27(35-34-18-17-32-5-2)14-13-26(30(25)28)23-8-6-7-22(21)29(23)24;1-3-2/h6-14,31-33H,4-5,15-19H2,1-3H3;3H2,1-2H3. The van der Waals surface area contributed by atoms with Crippen LogP contribution in [-0.2, 0) is 10.7 Å². The lowest BCUT2D eigenvalue weighted by molar-refractivity contribution is 0.369. The molecule has 0 spiro atoms. The molecule has 0 radical (unpaired) electrons. The first kappa shape index (κ1) is 28.6. The Morgan fingerprint density at radius 2 is 1.24 bits per heavy atom. The number of fused-ring (bicyclic) bond motifs is 2. The van der Waals surface area contributed by atoms with Crippen molar-refractivity contribution in [1.82, 2.24) is 16.0 Å². The highest BCUT2D eigenvalue weighted by molar-refractivity contribution is 7.95. The van der Waals surface area contributed by atoms with E-state index in [9.17, 15) is 0 Å². The number of likely N-dealkylation sites (N-methyl/N-ethyl adjacent to an activating group) is 2. The van der Waals surface area contributed by atoms with Gasteiger partial charge in [0.2, 0.25) is 0 Å². The van der Waals surface area contributed by atoms with Crippen LogP contribution in [0.4, 0.5) is 0 Å². The third-order valence-electron chi connectivity index (χ3n) is 6.85. The largest absolute Gasteiger partial charge is 0.316 e. The molecule has 0 aliphatic heterocycles. The fourth-order valence-corrected chi connectivity index (χ4v) is 5.95. The monoisotopic (exact) mass is 529 g/mol. The summed E-state index contributed by atoms with van der Waals surface area (Å²) >= 11 is 1.50. The Morgan fingerprint density at radius 1 is 0.632 bits per heavy atom. The molecule has 5 aromatic rings. The zero-order valence-electron chi connectivity index (χ0n) is 23.7. The molecule has 38 heavy (non-hydrogen) atoms. The molecule has 0 saturated carbocycles. The summed E-state index contributed by atoms with van der Waals surface area (Å²) in [5.74, 6) is 0. The van der Waals surface area contributed by atoms with E-state index < -0.39 is 0 Å². The Kier molecular flexibility index (Phi) is 10.6. The molecule has 0 amide bonds. The molecule has 0 aromatic heterocycles. The van der Waals surface area contributed by atoms with Crippen LogP contribution in [0.3, 0.4) is 0 Å². The van der Waals surface area contributed by atoms with Crippen molar-refractivity contribution in [3.05, 3.63) is 65.7 Å². The van der Waals surface area contributed by atoms with E-state index in [-0.39, 0.29) is 0 Å². The highest BCUT2D eigenvalue weighted by Crippen LogP contribution is 2.44. The zero-order valence-corrected chi connectivity index (χ0v) is 24.5. The van der Waals surface area contributed by atoms with E-state index in [4.69, 9.17) is 4.18 Å². The van der Waals surface area contributed by atoms with Gasteiger partial charge in [-0.05, 0) is 74.9 Å². The fraction of sp³-hybridized carbons (Fsp3) is 0.394. The van der Waals surface area contributed by atoms with E-state index in [1.807, 2.05) is 0 Å². The average molecular weight is 530 g/mol. The fourth-order valence-electron chi connectivity index (χ4n) is 5.19. The van der Waals surface area contributed by atoms with Gasteiger partial charge >= 0.3 is 0 Å². The second-order valence-electron chi connectivity index (χ2n) is 9.79. The quantitative estimate of drug-likeness (QED) is 0.0666. The number of hydrogen-bond donors (Lipinski definition) is 3. The van der Waals surface area contributed by atoms with Gasteiger partial charge in [-0.25, -0.2) is 0 Å². The molecule has 0 aliphatic carbocycles. The van der Waals surface area contributed by atoms with E-state index >= 15 is 0 Å². The van der Waals surface area contributed by atoms with Gasteiger partial charge in [0.1, 0.15) is 0 Å². The minimum absolute atomic E-state index is 0.688. The van der Waals surface area contributed by atoms with Crippen LogP contribution in [0.15, 0.2) is 59.5 Å². The Balaban J connectivity index is 0.00000107. The molecule has 0 fully saturated rings. The minimum Gasteiger partial charge on any atom is -0.316 e. The van der Waals surface area contributed by atoms with Crippen LogP contribution >= 0.6 is 12.0 Å². The van der Waals surface area contributed by atoms with Crippen LogP contribution in [0.1, 0.15) is 45.2 Å². The Bertz CT molecular complexity index is 1450. The minimum atomic E-state index is 0.688. The molecule has 5 aromatic carbocycles. The normalized spacial score (nSPS) is 11.6. The molecule has 0 unspecified atom stereocenters. The lowest BCUT2D eigenvalue weighted by atomic mass is 9.87. The van der Waals surface area contributed by atoms with Crippen molar-refractivity contribution < 1.29 is 4.18 Å². The first-order chi connectivity index (χ1) is 18.7. The van der Waals surface area contributed by atoms with Crippen LogP contribution in [0.25, 0.3) is 43.1 Å². The van der Waals surface area contributed by atoms with E-state index in [0.29, 0.717) is 6.61 Å². The van der Waals surface area contributed by atoms with Gasteiger partial charge in [0.25, 0.3) is 0 Å². The number of nitrogens with one attached hydrogen (secondary N) is 3. The summed E-state index contributed by atoms with van der Waals surface area (Å²) in [4.78, 5) is 1.19. The van der Waals surface area contributed by atoms with Gasteiger partial charge in [-0.15, -0.1) is 0 Å². The maximum atomic E-state index is 5.96. The summed E-state index contributed by atoms with van der Waals surface area (Å²) in [5, 5.41) is 21.0. The molecule has 202 valence electrons. The molecular weight excluding hydrogens is 486 g/mol. The molecule has 3 N–H and O–H groups in total. The Hall–Kier alpha value is -2.41. The number of rotatable bonds is 12. The van der Waals surface area contributed by atoms with Crippen LogP contribution in [0, 0.1) is 6.92 Å². The summed E-state index contributed by atoms with van der Waals surface area (Å²) in [5.41, 5.74) is 2.65. The van der Waals surface area contributed by atoms with Crippen molar-refractivity contribution in [2.24, 2.45) is 0 Å². The molecular formula is C33H43N3OS. The topological polar surface area (TPSA) is 45.3 Å². The second-order valence-corrected chi connectivity index (χ2v) is 10.6. The third-order valence-corrected chi connectivity index (χ3v) is 7.65. The third kappa shape index (κ3) is 6.08. The summed E-state index contributed by atoms with van der Waals surface area (Å²) in [7, 11) is 0. The zero-order chi connectivity index (χ0) is 26.9. The van der Waals surface area contributed by atoms with E-state index in [1.54, 1.807) is 0 Å². The van der Waals surface area contributed by atoms with E-state index in [2.05, 4.69) is 105 Å². The maximum Gasteiger partial charge on any atom is 0.0743 e. The van der Waals surface area contributed by atoms with Crippen molar-refractivity contribution in [1.29, 1.82) is 0 Å². The summed E-state index contributed by atoms with van der Waals surface area (Å²) in [6.07, 6.45) is 1.25. The van der Waals surface area contributed by atoms with Gasteiger partial charge in [-0.1, -0.05) is 82.6 Å². The van der Waals surface area contributed by atoms with E-state index in [1.165, 1.54) is 77.6 Å². The lowest BCUT2D eigenvalue weighted by Crippen LogP contribution is -2.26. The van der Waals surface area contributed by atoms with Gasteiger partial charge < -0.3 is 20.1 Å². The SMILES string of the molecule is CCC.CCNCCNCc1ccc2c3ccc(C)c4c(SOCCNCC)ccc(c5cccc1c25)c43. The first-order valence-corrected chi connectivity index (χ1v) is 14.9. The average Bonchev–Trinajstić information content (AvgIpc) is 2.93. The smallest absolute Gasteiger partial charge is 0.0743 e. The van der Waals surface area contributed by atoms with Gasteiger partial charge in [0.15, 0.2) is 0 Å². The number of hydrogen-bond acceptors (Lipinski definition) is 5. The predicted octanol–water partition coefficient (Wildman–Crippen LogP) is 7.79. The summed E-state index contributed by atoms with van der Waals surface area (Å²) in [6.45, 7) is 17.1. The van der Waals surface area contributed by atoms with E-state index in [0.717, 1.165) is 39.3 Å². The molecule has 5 rings (SSSR count). The van der Waals surface area contributed by atoms with Crippen molar-refractivity contribution in [3.8, 4) is 0 Å². The summed E-state index contributed by atoms with van der Waals surface area (Å²) < 4.78 is 5.96. The van der Waals surface area contributed by atoms with Gasteiger partial charge in [-0.3, -0.25) is 0 Å².